The second-order valence-electron chi connectivity index (χ2n) is 9.20. The molecule has 29 heavy (non-hydrogen) atoms. The molecule has 1 fully saturated rings. The van der Waals surface area contributed by atoms with Crippen LogP contribution >= 0.6 is 0 Å². The van der Waals surface area contributed by atoms with E-state index in [0.717, 1.165) is 5.57 Å². The summed E-state index contributed by atoms with van der Waals surface area (Å²) in [5.74, 6) is 1.60. The average Bonchev–Trinajstić information content (AvgIpc) is 3.40. The summed E-state index contributed by atoms with van der Waals surface area (Å²) in [6.07, 6.45) is 3.27. The molecule has 0 bridgehead atoms. The molecule has 0 aromatic heterocycles. The zero-order valence-corrected chi connectivity index (χ0v) is 18.9. The van der Waals surface area contributed by atoms with Crippen molar-refractivity contribution in [1.29, 1.82) is 0 Å². The largest absolute Gasteiger partial charge is 0.396 e. The summed E-state index contributed by atoms with van der Waals surface area (Å²) in [6.45, 7) is 13.3. The fourth-order valence-electron chi connectivity index (χ4n) is 4.12. The normalized spacial score (nSPS) is 23.0. The lowest BCUT2D eigenvalue weighted by molar-refractivity contribution is 0.207. The Morgan fingerprint density at radius 2 is 1.59 bits per heavy atom. The van der Waals surface area contributed by atoms with E-state index in [1.165, 1.54) is 28.7 Å². The zero-order valence-electron chi connectivity index (χ0n) is 18.9. The molecule has 3 rings (SSSR count). The Morgan fingerprint density at radius 3 is 2.07 bits per heavy atom. The van der Waals surface area contributed by atoms with Crippen molar-refractivity contribution in [3.05, 3.63) is 82.4 Å². The summed E-state index contributed by atoms with van der Waals surface area (Å²) < 4.78 is 0. The quantitative estimate of drug-likeness (QED) is 0.577. The molecule has 1 saturated carbocycles. The molecule has 4 atom stereocenters. The van der Waals surface area contributed by atoms with E-state index < -0.39 is 0 Å². The molecule has 1 aliphatic carbocycles. The minimum Gasteiger partial charge on any atom is -0.396 e. The number of aliphatic hydroxyl groups is 2. The fourth-order valence-corrected chi connectivity index (χ4v) is 4.12. The molecule has 0 heterocycles. The van der Waals surface area contributed by atoms with E-state index in [-0.39, 0.29) is 12.0 Å². The maximum Gasteiger partial charge on any atom is 0.0639 e. The van der Waals surface area contributed by atoms with E-state index in [0.29, 0.717) is 24.4 Å². The first-order chi connectivity index (χ1) is 13.7. The second kappa shape index (κ2) is 10.2. The van der Waals surface area contributed by atoms with Gasteiger partial charge in [-0.1, -0.05) is 92.1 Å². The van der Waals surface area contributed by atoms with Gasteiger partial charge in [0.15, 0.2) is 0 Å². The molecule has 2 aromatic rings. The monoisotopic (exact) mass is 394 g/mol. The molecular weight excluding hydrogens is 356 g/mol. The van der Waals surface area contributed by atoms with Crippen molar-refractivity contribution < 1.29 is 10.2 Å². The average molecular weight is 395 g/mol. The third kappa shape index (κ3) is 6.55. The van der Waals surface area contributed by atoms with E-state index >= 15 is 0 Å². The van der Waals surface area contributed by atoms with Crippen molar-refractivity contribution >= 4 is 0 Å². The Balaban J connectivity index is 0.000000208. The van der Waals surface area contributed by atoms with Crippen LogP contribution in [0.25, 0.3) is 0 Å². The van der Waals surface area contributed by atoms with Gasteiger partial charge in [-0.2, -0.15) is 0 Å². The lowest BCUT2D eigenvalue weighted by Gasteiger charge is -2.15. The predicted octanol–water partition coefficient (Wildman–Crippen LogP) is 6.15. The lowest BCUT2D eigenvalue weighted by Crippen LogP contribution is -2.08. The molecule has 2 aromatic carbocycles. The third-order valence-electron chi connectivity index (χ3n) is 6.31. The molecule has 158 valence electrons. The highest BCUT2D eigenvalue weighted by Crippen LogP contribution is 2.58. The molecule has 1 aliphatic rings. The van der Waals surface area contributed by atoms with Crippen LogP contribution in [0.3, 0.4) is 0 Å². The van der Waals surface area contributed by atoms with Crippen LogP contribution in [0.15, 0.2) is 60.2 Å². The second-order valence-corrected chi connectivity index (χ2v) is 9.20. The Morgan fingerprint density at radius 1 is 1.03 bits per heavy atom. The fraction of sp³-hybridized carbons (Fsp3) is 0.481. The van der Waals surface area contributed by atoms with Crippen LogP contribution in [0.2, 0.25) is 0 Å². The number of benzene rings is 2. The molecule has 0 spiro atoms. The third-order valence-corrected chi connectivity index (χ3v) is 6.31. The van der Waals surface area contributed by atoms with Gasteiger partial charge < -0.3 is 10.2 Å². The summed E-state index contributed by atoms with van der Waals surface area (Å²) >= 11 is 0. The number of rotatable bonds is 6. The molecule has 0 aliphatic heterocycles. The Bertz CT molecular complexity index is 823. The van der Waals surface area contributed by atoms with Gasteiger partial charge in [-0.05, 0) is 61.5 Å². The summed E-state index contributed by atoms with van der Waals surface area (Å²) in [7, 11) is 0. The summed E-state index contributed by atoms with van der Waals surface area (Å²) in [4.78, 5) is 0. The minimum absolute atomic E-state index is 0.149. The van der Waals surface area contributed by atoms with Gasteiger partial charge in [0, 0.05) is 6.61 Å². The maximum absolute atomic E-state index is 9.29. The first-order valence-corrected chi connectivity index (χ1v) is 10.7. The van der Waals surface area contributed by atoms with Gasteiger partial charge >= 0.3 is 0 Å². The van der Waals surface area contributed by atoms with Crippen LogP contribution in [-0.4, -0.2) is 23.4 Å². The molecule has 0 radical (unpaired) electrons. The minimum atomic E-state index is 0.149. The first-order valence-electron chi connectivity index (χ1n) is 10.7. The molecule has 2 heteroatoms. The van der Waals surface area contributed by atoms with E-state index in [1.54, 1.807) is 0 Å². The van der Waals surface area contributed by atoms with Gasteiger partial charge in [-0.3, -0.25) is 0 Å². The Kier molecular flexibility index (Phi) is 8.24. The van der Waals surface area contributed by atoms with Gasteiger partial charge in [0.05, 0.1) is 6.61 Å². The number of hydrogen-bond donors (Lipinski definition) is 2. The molecule has 2 N–H and O–H groups in total. The van der Waals surface area contributed by atoms with Crippen LogP contribution in [0.5, 0.6) is 0 Å². The molecule has 4 unspecified atom stereocenters. The predicted molar refractivity (Wildman–Crippen MR) is 123 cm³/mol. The van der Waals surface area contributed by atoms with Crippen molar-refractivity contribution in [2.24, 2.45) is 11.3 Å². The maximum atomic E-state index is 9.29. The summed E-state index contributed by atoms with van der Waals surface area (Å²) in [5.41, 5.74) is 6.53. The van der Waals surface area contributed by atoms with Gasteiger partial charge in [0.1, 0.15) is 0 Å². The van der Waals surface area contributed by atoms with Crippen LogP contribution in [0, 0.1) is 25.2 Å². The number of hydrogen-bond acceptors (Lipinski definition) is 2. The molecule has 0 amide bonds. The number of aryl methyl sites for hydroxylation is 2. The van der Waals surface area contributed by atoms with Crippen molar-refractivity contribution in [3.8, 4) is 0 Å². The highest BCUT2D eigenvalue weighted by atomic mass is 16.3. The van der Waals surface area contributed by atoms with Crippen molar-refractivity contribution in [3.63, 3.8) is 0 Å². The van der Waals surface area contributed by atoms with E-state index in [1.807, 2.05) is 6.92 Å². The number of allylic oxidation sites excluding steroid dienone is 1. The van der Waals surface area contributed by atoms with Crippen LogP contribution in [0.1, 0.15) is 68.2 Å². The Labute approximate surface area is 177 Å². The summed E-state index contributed by atoms with van der Waals surface area (Å²) in [6, 6.07) is 17.2. The molecule has 2 nitrogen and oxygen atoms in total. The van der Waals surface area contributed by atoms with Crippen LogP contribution in [-0.2, 0) is 0 Å². The van der Waals surface area contributed by atoms with Gasteiger partial charge in [0.2, 0.25) is 0 Å². The lowest BCUT2D eigenvalue weighted by atomic mass is 9.91. The van der Waals surface area contributed by atoms with Gasteiger partial charge in [0.25, 0.3) is 0 Å². The van der Waals surface area contributed by atoms with Gasteiger partial charge in [-0.25, -0.2) is 0 Å². The smallest absolute Gasteiger partial charge is 0.0639 e. The highest BCUT2D eigenvalue weighted by molar-refractivity contribution is 5.29. The first kappa shape index (κ1) is 23.4. The topological polar surface area (TPSA) is 40.5 Å². The van der Waals surface area contributed by atoms with Crippen molar-refractivity contribution in [1.82, 2.24) is 0 Å². The standard InChI is InChI=1S/C14H20O.C13H18O/c1-10-5-4-6-12(7-10)11(2)13-8-14(13,3)9-15;1-10-5-4-6-13(8-10)12(3)7-11(2)9-14/h4-7,11,13,15H,8-9H2,1-3H3;4-8,12,14H,9H2,1-3H3/b;11-7-. The molecule has 0 saturated heterocycles. The van der Waals surface area contributed by atoms with E-state index in [4.69, 9.17) is 5.11 Å². The van der Waals surface area contributed by atoms with E-state index in [2.05, 4.69) is 89.2 Å². The van der Waals surface area contributed by atoms with E-state index in [9.17, 15) is 5.11 Å². The SMILES string of the molecule is C/C(=C/C(C)c1cccc(C)c1)CO.Cc1cccc(C(C)C2CC2(C)CO)c1. The Hall–Kier alpha value is -1.90. The van der Waals surface area contributed by atoms with Crippen LogP contribution < -0.4 is 0 Å². The number of aliphatic hydroxyl groups excluding tert-OH is 2. The summed E-state index contributed by atoms with van der Waals surface area (Å²) in [5, 5.41) is 18.2. The van der Waals surface area contributed by atoms with Crippen LogP contribution in [0.4, 0.5) is 0 Å². The molecular formula is C27H38O2. The van der Waals surface area contributed by atoms with Crippen molar-refractivity contribution in [2.75, 3.05) is 13.2 Å². The van der Waals surface area contributed by atoms with Crippen molar-refractivity contribution in [2.45, 2.75) is 59.8 Å². The zero-order chi connectivity index (χ0) is 21.6. The van der Waals surface area contributed by atoms with Gasteiger partial charge in [-0.15, -0.1) is 0 Å². The highest BCUT2D eigenvalue weighted by Gasteiger charge is 2.52.